The molecule has 0 unspecified atom stereocenters. The van der Waals surface area contributed by atoms with Crippen molar-refractivity contribution in [3.63, 3.8) is 0 Å². The summed E-state index contributed by atoms with van der Waals surface area (Å²) >= 11 is 0. The van der Waals surface area contributed by atoms with Crippen LogP contribution >= 0.6 is 0 Å². The van der Waals surface area contributed by atoms with Gasteiger partial charge in [0.15, 0.2) is 0 Å². The molecule has 0 aliphatic carbocycles. The second-order valence-electron chi connectivity index (χ2n) is 2.09. The monoisotopic (exact) mass is 190 g/mol. The standard InChI is InChI=1S/C6H13O.Y/c1-6(2)4-5-7-3;/h6H,3-5H2,1-2H3;/q-1;. The van der Waals surface area contributed by atoms with E-state index in [1.807, 2.05) is 0 Å². The Balaban J connectivity index is 0. The molecular weight excluding hydrogens is 177 g/mol. The summed E-state index contributed by atoms with van der Waals surface area (Å²) in [7, 11) is 3.26. The quantitative estimate of drug-likeness (QED) is 0.617. The van der Waals surface area contributed by atoms with Crippen molar-refractivity contribution in [1.82, 2.24) is 0 Å². The second kappa shape index (κ2) is 8.06. The first-order valence-electron chi connectivity index (χ1n) is 2.64. The van der Waals surface area contributed by atoms with Gasteiger partial charge in [-0.1, -0.05) is 13.8 Å². The zero-order valence-electron chi connectivity index (χ0n) is 5.68. The van der Waals surface area contributed by atoms with E-state index in [9.17, 15) is 0 Å². The molecule has 0 amide bonds. The van der Waals surface area contributed by atoms with Gasteiger partial charge in [-0.15, -0.1) is 0 Å². The minimum Gasteiger partial charge on any atom is -0.555 e. The van der Waals surface area contributed by atoms with Crippen LogP contribution in [0.25, 0.3) is 0 Å². The van der Waals surface area contributed by atoms with Crippen molar-refractivity contribution in [3.05, 3.63) is 7.11 Å². The first-order valence-corrected chi connectivity index (χ1v) is 2.64. The van der Waals surface area contributed by atoms with E-state index in [2.05, 4.69) is 25.7 Å². The minimum absolute atomic E-state index is 0. The van der Waals surface area contributed by atoms with E-state index < -0.39 is 0 Å². The van der Waals surface area contributed by atoms with E-state index in [0.717, 1.165) is 18.9 Å². The van der Waals surface area contributed by atoms with Crippen molar-refractivity contribution >= 4 is 0 Å². The molecule has 0 aliphatic heterocycles. The maximum absolute atomic E-state index is 4.60. The summed E-state index contributed by atoms with van der Waals surface area (Å²) in [6.07, 6.45) is 1.11. The fraction of sp³-hybridized carbons (Fsp3) is 0.833. The van der Waals surface area contributed by atoms with Crippen LogP contribution in [0.1, 0.15) is 20.3 Å². The molecular formula is C6H13OY-. The van der Waals surface area contributed by atoms with Gasteiger partial charge in [0.05, 0.1) is 0 Å². The Morgan fingerprint density at radius 2 is 2.00 bits per heavy atom. The van der Waals surface area contributed by atoms with Crippen molar-refractivity contribution in [1.29, 1.82) is 0 Å². The summed E-state index contributed by atoms with van der Waals surface area (Å²) in [5.41, 5.74) is 0. The zero-order valence-corrected chi connectivity index (χ0v) is 8.52. The van der Waals surface area contributed by atoms with Crippen molar-refractivity contribution < 1.29 is 37.4 Å². The Kier molecular flexibility index (Phi) is 11.9. The van der Waals surface area contributed by atoms with Crippen LogP contribution in [0.2, 0.25) is 0 Å². The van der Waals surface area contributed by atoms with Gasteiger partial charge in [0.25, 0.3) is 0 Å². The maximum atomic E-state index is 4.60. The first kappa shape index (κ1) is 11.8. The van der Waals surface area contributed by atoms with E-state index >= 15 is 0 Å². The molecule has 0 N–H and O–H groups in total. The SMILES string of the molecule is [CH2-]OCCC(C)C.[Y]. The molecule has 0 rings (SSSR count). The summed E-state index contributed by atoms with van der Waals surface area (Å²) in [5.74, 6) is 0.738. The summed E-state index contributed by atoms with van der Waals surface area (Å²) < 4.78 is 4.60. The average molecular weight is 190 g/mol. The van der Waals surface area contributed by atoms with Gasteiger partial charge in [0, 0.05) is 39.3 Å². The van der Waals surface area contributed by atoms with Gasteiger partial charge in [0.2, 0.25) is 0 Å². The van der Waals surface area contributed by atoms with Gasteiger partial charge in [0.1, 0.15) is 0 Å². The summed E-state index contributed by atoms with van der Waals surface area (Å²) in [6.45, 7) is 5.12. The summed E-state index contributed by atoms with van der Waals surface area (Å²) in [6, 6.07) is 0. The molecule has 0 saturated heterocycles. The van der Waals surface area contributed by atoms with E-state index in [0.29, 0.717) is 0 Å². The van der Waals surface area contributed by atoms with Crippen LogP contribution in [0.4, 0.5) is 0 Å². The van der Waals surface area contributed by atoms with E-state index in [1.54, 1.807) is 0 Å². The van der Waals surface area contributed by atoms with Crippen LogP contribution in [-0.4, -0.2) is 6.61 Å². The molecule has 47 valence electrons. The molecule has 1 nitrogen and oxygen atoms in total. The van der Waals surface area contributed by atoms with Gasteiger partial charge >= 0.3 is 0 Å². The normalized spacial score (nSPS) is 9.00. The Morgan fingerprint density at radius 3 is 2.12 bits per heavy atom. The van der Waals surface area contributed by atoms with Gasteiger partial charge in [-0.05, 0) is 12.3 Å². The Labute approximate surface area is 77.1 Å². The molecule has 0 aliphatic rings. The molecule has 0 saturated carbocycles. The number of hydrogen-bond donors (Lipinski definition) is 0. The minimum atomic E-state index is 0. The predicted molar refractivity (Wildman–Crippen MR) is 30.8 cm³/mol. The Bertz CT molecular complexity index is 37.5. The van der Waals surface area contributed by atoms with Crippen molar-refractivity contribution in [2.45, 2.75) is 20.3 Å². The first-order chi connectivity index (χ1) is 3.27. The molecule has 0 aromatic carbocycles. The molecule has 0 spiro atoms. The fourth-order valence-corrected chi connectivity index (χ4v) is 0.319. The molecule has 0 heterocycles. The van der Waals surface area contributed by atoms with Crippen molar-refractivity contribution in [3.8, 4) is 0 Å². The third-order valence-electron chi connectivity index (χ3n) is 0.840. The van der Waals surface area contributed by atoms with Gasteiger partial charge in [-0.3, -0.25) is 0 Å². The topological polar surface area (TPSA) is 9.23 Å². The largest absolute Gasteiger partial charge is 0.555 e. The zero-order chi connectivity index (χ0) is 5.70. The number of rotatable bonds is 3. The van der Waals surface area contributed by atoms with Crippen LogP contribution in [-0.2, 0) is 37.4 Å². The average Bonchev–Trinajstić information content (AvgIpc) is 1.61. The molecule has 1 radical (unpaired) electrons. The van der Waals surface area contributed by atoms with Crippen LogP contribution < -0.4 is 0 Å². The van der Waals surface area contributed by atoms with Crippen molar-refractivity contribution in [2.75, 3.05) is 6.61 Å². The molecule has 0 aromatic heterocycles. The number of ether oxygens (including phenoxy) is 1. The maximum Gasteiger partial charge on any atom is 0.0112 e. The Hall–Kier alpha value is 1.06. The van der Waals surface area contributed by atoms with Crippen LogP contribution in [0.3, 0.4) is 0 Å². The third-order valence-corrected chi connectivity index (χ3v) is 0.840. The van der Waals surface area contributed by atoms with Crippen LogP contribution in [0.5, 0.6) is 0 Å². The third kappa shape index (κ3) is 10.1. The second-order valence-corrected chi connectivity index (χ2v) is 2.09. The molecule has 0 aromatic rings. The molecule has 8 heavy (non-hydrogen) atoms. The summed E-state index contributed by atoms with van der Waals surface area (Å²) in [4.78, 5) is 0. The van der Waals surface area contributed by atoms with E-state index in [1.165, 1.54) is 0 Å². The predicted octanol–water partition coefficient (Wildman–Crippen LogP) is 1.84. The van der Waals surface area contributed by atoms with E-state index in [-0.39, 0.29) is 32.7 Å². The number of hydrogen-bond acceptors (Lipinski definition) is 1. The van der Waals surface area contributed by atoms with Gasteiger partial charge in [-0.2, -0.15) is 0 Å². The smallest absolute Gasteiger partial charge is 0.0112 e. The van der Waals surface area contributed by atoms with Crippen LogP contribution in [0.15, 0.2) is 0 Å². The van der Waals surface area contributed by atoms with Crippen molar-refractivity contribution in [2.24, 2.45) is 5.92 Å². The Morgan fingerprint density at radius 1 is 1.50 bits per heavy atom. The van der Waals surface area contributed by atoms with Gasteiger partial charge in [-0.25, -0.2) is 7.11 Å². The molecule has 0 fully saturated rings. The molecule has 2 heteroatoms. The molecule has 0 atom stereocenters. The van der Waals surface area contributed by atoms with Crippen LogP contribution in [0, 0.1) is 13.0 Å². The molecule has 0 bridgehead atoms. The fourth-order valence-electron chi connectivity index (χ4n) is 0.319. The van der Waals surface area contributed by atoms with Gasteiger partial charge < -0.3 is 4.74 Å². The van der Waals surface area contributed by atoms with E-state index in [4.69, 9.17) is 0 Å². The summed E-state index contributed by atoms with van der Waals surface area (Å²) in [5, 5.41) is 0.